The van der Waals surface area contributed by atoms with Gasteiger partial charge < -0.3 is 4.42 Å². The van der Waals surface area contributed by atoms with Crippen LogP contribution < -0.4 is 0 Å². The van der Waals surface area contributed by atoms with E-state index in [0.717, 1.165) is 16.5 Å². The van der Waals surface area contributed by atoms with E-state index in [-0.39, 0.29) is 4.83 Å². The molecule has 0 aliphatic carbocycles. The molecule has 0 N–H and O–H groups in total. The molecule has 1 atom stereocenters. The first-order chi connectivity index (χ1) is 8.11. The summed E-state index contributed by atoms with van der Waals surface area (Å²) < 4.78 is 6.67. The van der Waals surface area contributed by atoms with Gasteiger partial charge in [-0.3, -0.25) is 0 Å². The van der Waals surface area contributed by atoms with Gasteiger partial charge in [-0.05, 0) is 31.0 Å². The number of nitrogens with zero attached hydrogens (tertiary/aromatic N) is 2. The highest BCUT2D eigenvalue weighted by Crippen LogP contribution is 2.29. The summed E-state index contributed by atoms with van der Waals surface area (Å²) in [5.41, 5.74) is 2.11. The van der Waals surface area contributed by atoms with E-state index in [1.165, 1.54) is 5.56 Å². The topological polar surface area (TPSA) is 38.9 Å². The highest BCUT2D eigenvalue weighted by molar-refractivity contribution is 9.10. The van der Waals surface area contributed by atoms with Gasteiger partial charge in [-0.25, -0.2) is 0 Å². The molecule has 3 nitrogen and oxygen atoms in total. The molecular formula is C12H12Br2N2O. The SMILES string of the molecule is CCC(Br)c1nnc(-c2ccc(C)c(Br)c2)o1. The third-order valence-electron chi connectivity index (χ3n) is 2.49. The molecule has 1 aromatic heterocycles. The second-order valence-electron chi connectivity index (χ2n) is 3.79. The van der Waals surface area contributed by atoms with Crippen LogP contribution in [0.5, 0.6) is 0 Å². The summed E-state index contributed by atoms with van der Waals surface area (Å²) in [6, 6.07) is 5.99. The standard InChI is InChI=1S/C12H12Br2N2O/c1-3-9(13)12-16-15-11(17-12)8-5-4-7(2)10(14)6-8/h4-6,9H,3H2,1-2H3. The summed E-state index contributed by atoms with van der Waals surface area (Å²) in [5, 5.41) is 8.10. The maximum Gasteiger partial charge on any atom is 0.247 e. The van der Waals surface area contributed by atoms with E-state index in [0.29, 0.717) is 11.8 Å². The average Bonchev–Trinajstić information content (AvgIpc) is 2.81. The van der Waals surface area contributed by atoms with Gasteiger partial charge in [0, 0.05) is 10.0 Å². The summed E-state index contributed by atoms with van der Waals surface area (Å²) in [6.45, 7) is 4.10. The lowest BCUT2D eigenvalue weighted by Gasteiger charge is -2.00. The molecule has 1 aromatic carbocycles. The number of aromatic nitrogens is 2. The van der Waals surface area contributed by atoms with E-state index in [1.54, 1.807) is 0 Å². The number of alkyl halides is 1. The van der Waals surface area contributed by atoms with Crippen LogP contribution >= 0.6 is 31.9 Å². The Labute approximate surface area is 117 Å². The fourth-order valence-corrected chi connectivity index (χ4v) is 1.94. The number of benzene rings is 1. The zero-order valence-corrected chi connectivity index (χ0v) is 12.7. The maximum absolute atomic E-state index is 5.63. The quantitative estimate of drug-likeness (QED) is 0.748. The lowest BCUT2D eigenvalue weighted by molar-refractivity contribution is 0.500. The second-order valence-corrected chi connectivity index (χ2v) is 5.74. The molecule has 0 aliphatic rings. The molecule has 0 aliphatic heterocycles. The maximum atomic E-state index is 5.63. The number of aryl methyl sites for hydroxylation is 1. The van der Waals surface area contributed by atoms with Gasteiger partial charge in [-0.15, -0.1) is 10.2 Å². The Morgan fingerprint density at radius 2 is 2.12 bits per heavy atom. The van der Waals surface area contributed by atoms with Crippen LogP contribution in [0.4, 0.5) is 0 Å². The molecule has 0 saturated heterocycles. The Bertz CT molecular complexity index is 525. The van der Waals surface area contributed by atoms with Crippen LogP contribution in [-0.2, 0) is 0 Å². The molecule has 0 radical (unpaired) electrons. The van der Waals surface area contributed by atoms with Crippen LogP contribution in [-0.4, -0.2) is 10.2 Å². The van der Waals surface area contributed by atoms with Crippen molar-refractivity contribution in [1.29, 1.82) is 0 Å². The number of rotatable bonds is 3. The van der Waals surface area contributed by atoms with Crippen molar-refractivity contribution >= 4 is 31.9 Å². The molecular weight excluding hydrogens is 348 g/mol. The Morgan fingerprint density at radius 3 is 2.76 bits per heavy atom. The monoisotopic (exact) mass is 358 g/mol. The third-order valence-corrected chi connectivity index (χ3v) is 4.38. The molecule has 2 rings (SSSR count). The van der Waals surface area contributed by atoms with Crippen LogP contribution in [0.15, 0.2) is 27.1 Å². The summed E-state index contributed by atoms with van der Waals surface area (Å²) in [6.07, 6.45) is 0.916. The van der Waals surface area contributed by atoms with E-state index in [4.69, 9.17) is 4.42 Å². The fourth-order valence-electron chi connectivity index (χ4n) is 1.38. The summed E-state index contributed by atoms with van der Waals surface area (Å²) in [7, 11) is 0. The average molecular weight is 360 g/mol. The number of hydrogen-bond donors (Lipinski definition) is 0. The molecule has 0 amide bonds. The van der Waals surface area contributed by atoms with Gasteiger partial charge in [-0.1, -0.05) is 44.8 Å². The minimum absolute atomic E-state index is 0.123. The lowest BCUT2D eigenvalue weighted by Crippen LogP contribution is -1.86. The van der Waals surface area contributed by atoms with E-state index < -0.39 is 0 Å². The molecule has 0 spiro atoms. The first-order valence-electron chi connectivity index (χ1n) is 5.35. The normalized spacial score (nSPS) is 12.7. The van der Waals surface area contributed by atoms with Crippen molar-refractivity contribution in [3.8, 4) is 11.5 Å². The van der Waals surface area contributed by atoms with Crippen molar-refractivity contribution in [1.82, 2.24) is 10.2 Å². The molecule has 0 bridgehead atoms. The summed E-state index contributed by atoms with van der Waals surface area (Å²) >= 11 is 6.98. The molecule has 1 unspecified atom stereocenters. The summed E-state index contributed by atoms with van der Waals surface area (Å²) in [4.78, 5) is 0.123. The molecule has 0 fully saturated rings. The first kappa shape index (κ1) is 12.8. The minimum Gasteiger partial charge on any atom is -0.419 e. The van der Waals surface area contributed by atoms with Gasteiger partial charge in [-0.2, -0.15) is 0 Å². The Balaban J connectivity index is 2.33. The number of halogens is 2. The lowest BCUT2D eigenvalue weighted by atomic mass is 10.1. The molecule has 2 aromatic rings. The summed E-state index contributed by atoms with van der Waals surface area (Å²) in [5.74, 6) is 1.18. The van der Waals surface area contributed by atoms with Crippen LogP contribution in [0.25, 0.3) is 11.5 Å². The Morgan fingerprint density at radius 1 is 1.35 bits per heavy atom. The van der Waals surface area contributed by atoms with Crippen molar-refractivity contribution in [2.45, 2.75) is 25.1 Å². The van der Waals surface area contributed by atoms with Gasteiger partial charge in [0.05, 0.1) is 4.83 Å². The van der Waals surface area contributed by atoms with Crippen molar-refractivity contribution in [3.63, 3.8) is 0 Å². The van der Waals surface area contributed by atoms with Crippen molar-refractivity contribution < 1.29 is 4.42 Å². The molecule has 90 valence electrons. The highest BCUT2D eigenvalue weighted by atomic mass is 79.9. The van der Waals surface area contributed by atoms with Crippen molar-refractivity contribution in [3.05, 3.63) is 34.1 Å². The zero-order chi connectivity index (χ0) is 12.4. The first-order valence-corrected chi connectivity index (χ1v) is 7.06. The van der Waals surface area contributed by atoms with Crippen molar-refractivity contribution in [2.75, 3.05) is 0 Å². The predicted octanol–water partition coefficient (Wildman–Crippen LogP) is 4.65. The molecule has 0 saturated carbocycles. The second kappa shape index (κ2) is 5.31. The highest BCUT2D eigenvalue weighted by Gasteiger charge is 2.14. The van der Waals surface area contributed by atoms with Gasteiger partial charge in [0.2, 0.25) is 11.8 Å². The van der Waals surface area contributed by atoms with Gasteiger partial charge in [0.1, 0.15) is 0 Å². The molecule has 17 heavy (non-hydrogen) atoms. The van der Waals surface area contributed by atoms with Gasteiger partial charge >= 0.3 is 0 Å². The predicted molar refractivity (Wildman–Crippen MR) is 74.1 cm³/mol. The fraction of sp³-hybridized carbons (Fsp3) is 0.333. The third kappa shape index (κ3) is 2.77. The van der Waals surface area contributed by atoms with Crippen molar-refractivity contribution in [2.24, 2.45) is 0 Å². The van der Waals surface area contributed by atoms with Crippen LogP contribution in [0, 0.1) is 6.92 Å². The minimum atomic E-state index is 0.123. The van der Waals surface area contributed by atoms with E-state index in [1.807, 2.05) is 25.1 Å². The van der Waals surface area contributed by atoms with Gasteiger partial charge in [0.15, 0.2) is 0 Å². The molecule has 5 heteroatoms. The van der Waals surface area contributed by atoms with Crippen LogP contribution in [0.2, 0.25) is 0 Å². The zero-order valence-electron chi connectivity index (χ0n) is 9.58. The van der Waals surface area contributed by atoms with E-state index >= 15 is 0 Å². The molecule has 1 heterocycles. The van der Waals surface area contributed by atoms with Gasteiger partial charge in [0.25, 0.3) is 0 Å². The van der Waals surface area contributed by atoms with E-state index in [2.05, 4.69) is 49.0 Å². The van der Waals surface area contributed by atoms with E-state index in [9.17, 15) is 0 Å². The Kier molecular flexibility index (Phi) is 3.99. The van der Waals surface area contributed by atoms with Crippen LogP contribution in [0.3, 0.4) is 0 Å². The Hall–Kier alpha value is -0.680. The van der Waals surface area contributed by atoms with Crippen LogP contribution in [0.1, 0.15) is 29.6 Å². The largest absolute Gasteiger partial charge is 0.419 e. The smallest absolute Gasteiger partial charge is 0.247 e. The number of hydrogen-bond acceptors (Lipinski definition) is 3.